The first-order chi connectivity index (χ1) is 10.3. The zero-order valence-electron chi connectivity index (χ0n) is 13.7. The van der Waals surface area contributed by atoms with Crippen molar-refractivity contribution in [2.24, 2.45) is 5.84 Å². The van der Waals surface area contributed by atoms with Crippen molar-refractivity contribution in [1.82, 2.24) is 10.4 Å². The summed E-state index contributed by atoms with van der Waals surface area (Å²) in [7, 11) is 0. The zero-order valence-corrected chi connectivity index (χ0v) is 13.7. The Balaban J connectivity index is 2.31. The van der Waals surface area contributed by atoms with Gasteiger partial charge >= 0.3 is 0 Å². The summed E-state index contributed by atoms with van der Waals surface area (Å²) in [6.07, 6.45) is 2.55. The number of nitrogens with zero attached hydrogens (tertiary/aromatic N) is 1. The third kappa shape index (κ3) is 2.59. The lowest BCUT2D eigenvalue weighted by atomic mass is 9.83. The predicted octanol–water partition coefficient (Wildman–Crippen LogP) is 3.32. The molecular weight excluding hydrogens is 274 g/mol. The fraction of sp³-hybridized carbons (Fsp3) is 0.444. The Morgan fingerprint density at radius 2 is 1.95 bits per heavy atom. The Labute approximate surface area is 131 Å². The summed E-state index contributed by atoms with van der Waals surface area (Å²) >= 11 is 0. The highest BCUT2D eigenvalue weighted by Crippen LogP contribution is 2.43. The molecule has 0 unspecified atom stereocenters. The van der Waals surface area contributed by atoms with Gasteiger partial charge in [0.1, 0.15) is 5.69 Å². The molecule has 1 heterocycles. The molecule has 0 spiro atoms. The van der Waals surface area contributed by atoms with Crippen molar-refractivity contribution in [2.75, 3.05) is 0 Å². The number of carbonyl (C=O) groups excluding carboxylic acids is 1. The van der Waals surface area contributed by atoms with Crippen molar-refractivity contribution >= 4 is 16.8 Å². The molecule has 0 radical (unpaired) electrons. The van der Waals surface area contributed by atoms with E-state index in [1.54, 1.807) is 0 Å². The maximum Gasteiger partial charge on any atom is 0.283 e. The van der Waals surface area contributed by atoms with Gasteiger partial charge < -0.3 is 0 Å². The van der Waals surface area contributed by atoms with Gasteiger partial charge in [0.15, 0.2) is 0 Å². The maximum atomic E-state index is 11.9. The summed E-state index contributed by atoms with van der Waals surface area (Å²) in [6.45, 7) is 8.59. The van der Waals surface area contributed by atoms with Gasteiger partial charge in [-0.15, -0.1) is 0 Å². The van der Waals surface area contributed by atoms with Crippen LogP contribution < -0.4 is 11.3 Å². The fourth-order valence-electron chi connectivity index (χ4n) is 2.93. The largest absolute Gasteiger partial charge is 0.289 e. The highest BCUT2D eigenvalue weighted by atomic mass is 16.2. The van der Waals surface area contributed by atoms with Crippen molar-refractivity contribution in [3.05, 3.63) is 40.6 Å². The molecule has 1 aliphatic rings. The van der Waals surface area contributed by atoms with Crippen LogP contribution in [-0.2, 0) is 5.41 Å². The summed E-state index contributed by atoms with van der Waals surface area (Å²) in [4.78, 5) is 16.5. The van der Waals surface area contributed by atoms with Crippen LogP contribution in [0.5, 0.6) is 0 Å². The van der Waals surface area contributed by atoms with Gasteiger partial charge in [0.05, 0.1) is 5.52 Å². The van der Waals surface area contributed by atoms with Gasteiger partial charge in [0, 0.05) is 5.39 Å². The van der Waals surface area contributed by atoms with Gasteiger partial charge in [0.25, 0.3) is 5.91 Å². The summed E-state index contributed by atoms with van der Waals surface area (Å²) in [6, 6.07) is 6.33. The van der Waals surface area contributed by atoms with Gasteiger partial charge in [-0.2, -0.15) is 0 Å². The van der Waals surface area contributed by atoms with E-state index in [1.165, 1.54) is 24.0 Å². The molecular formula is C18H23N3O. The number of hydrogen-bond donors (Lipinski definition) is 2. The molecule has 1 aliphatic carbocycles. The Bertz CT molecular complexity index is 755. The van der Waals surface area contributed by atoms with Crippen LogP contribution in [0.3, 0.4) is 0 Å². The van der Waals surface area contributed by atoms with Crippen LogP contribution in [0.4, 0.5) is 0 Å². The number of aromatic nitrogens is 1. The Kier molecular flexibility index (Phi) is 3.44. The molecule has 4 nitrogen and oxygen atoms in total. The van der Waals surface area contributed by atoms with E-state index in [9.17, 15) is 4.79 Å². The third-order valence-electron chi connectivity index (χ3n) is 4.36. The van der Waals surface area contributed by atoms with E-state index >= 15 is 0 Å². The number of nitrogens with two attached hydrogens (primary N) is 1. The molecule has 1 saturated carbocycles. The van der Waals surface area contributed by atoms with Gasteiger partial charge in [-0.25, -0.2) is 10.8 Å². The Morgan fingerprint density at radius 1 is 1.27 bits per heavy atom. The van der Waals surface area contributed by atoms with Crippen molar-refractivity contribution in [1.29, 1.82) is 0 Å². The molecule has 3 rings (SSSR count). The second-order valence-corrected chi connectivity index (χ2v) is 7.29. The van der Waals surface area contributed by atoms with E-state index < -0.39 is 0 Å². The number of fused-ring (bicyclic) bond motifs is 1. The monoisotopic (exact) mass is 297 g/mol. The number of hydrazine groups is 1. The molecule has 3 N–H and O–H groups in total. The number of benzene rings is 1. The molecule has 4 heteroatoms. The normalized spacial score (nSPS) is 15.1. The third-order valence-corrected chi connectivity index (χ3v) is 4.36. The molecule has 0 bridgehead atoms. The average Bonchev–Trinajstić information content (AvgIpc) is 3.29. The molecule has 116 valence electrons. The van der Waals surface area contributed by atoms with Crippen LogP contribution in [0.1, 0.15) is 66.7 Å². The molecule has 1 fully saturated rings. The lowest BCUT2D eigenvalue weighted by Gasteiger charge is -2.23. The van der Waals surface area contributed by atoms with Crippen molar-refractivity contribution in [3.8, 4) is 0 Å². The number of amides is 1. The second kappa shape index (κ2) is 5.06. The SMILES string of the molecule is Cc1cc(C(=O)NN)nc2c(C(C)(C)C)cc(C3CC3)cc12. The van der Waals surface area contributed by atoms with Crippen LogP contribution >= 0.6 is 0 Å². The minimum Gasteiger partial charge on any atom is -0.289 e. The minimum atomic E-state index is -0.351. The number of rotatable bonds is 2. The van der Waals surface area contributed by atoms with Crippen molar-refractivity contribution < 1.29 is 4.79 Å². The first kappa shape index (κ1) is 15.0. The summed E-state index contributed by atoms with van der Waals surface area (Å²) in [5, 5.41) is 1.14. The second-order valence-electron chi connectivity index (χ2n) is 7.29. The lowest BCUT2D eigenvalue weighted by molar-refractivity contribution is 0.0949. The quantitative estimate of drug-likeness (QED) is 0.507. The van der Waals surface area contributed by atoms with Crippen LogP contribution in [0, 0.1) is 6.92 Å². The molecule has 22 heavy (non-hydrogen) atoms. The predicted molar refractivity (Wildman–Crippen MR) is 88.8 cm³/mol. The van der Waals surface area contributed by atoms with E-state index in [2.05, 4.69) is 43.3 Å². The first-order valence-electron chi connectivity index (χ1n) is 7.78. The summed E-state index contributed by atoms with van der Waals surface area (Å²) in [5.74, 6) is 5.60. The molecule has 0 atom stereocenters. The van der Waals surface area contributed by atoms with Crippen LogP contribution in [0.15, 0.2) is 18.2 Å². The van der Waals surface area contributed by atoms with Crippen LogP contribution in [-0.4, -0.2) is 10.9 Å². The van der Waals surface area contributed by atoms with Crippen molar-refractivity contribution in [2.45, 2.75) is 51.9 Å². The standard InChI is InChI=1S/C18H23N3O/c1-10-7-15(17(22)21-19)20-16-13(10)8-12(11-5-6-11)9-14(16)18(2,3)4/h7-9,11H,5-6,19H2,1-4H3,(H,21,22). The highest BCUT2D eigenvalue weighted by Gasteiger charge is 2.27. The van der Waals surface area contributed by atoms with Gasteiger partial charge in [0.2, 0.25) is 0 Å². The summed E-state index contributed by atoms with van der Waals surface area (Å²) < 4.78 is 0. The van der Waals surface area contributed by atoms with Crippen LogP contribution in [0.2, 0.25) is 0 Å². The van der Waals surface area contributed by atoms with E-state index in [0.717, 1.165) is 16.5 Å². The van der Waals surface area contributed by atoms with Gasteiger partial charge in [-0.1, -0.05) is 26.8 Å². The molecule has 0 aliphatic heterocycles. The molecule has 1 aromatic heterocycles. The molecule has 1 aromatic carbocycles. The zero-order chi connectivity index (χ0) is 16.1. The number of aryl methyl sites for hydroxylation is 1. The van der Waals surface area contributed by atoms with E-state index in [-0.39, 0.29) is 11.3 Å². The van der Waals surface area contributed by atoms with Crippen LogP contribution in [0.25, 0.3) is 10.9 Å². The first-order valence-corrected chi connectivity index (χ1v) is 7.78. The molecule has 1 amide bonds. The average molecular weight is 297 g/mol. The van der Waals surface area contributed by atoms with E-state index in [0.29, 0.717) is 11.6 Å². The number of nitrogens with one attached hydrogen (secondary N) is 1. The Morgan fingerprint density at radius 3 is 2.50 bits per heavy atom. The number of pyridine rings is 1. The number of hydrogen-bond acceptors (Lipinski definition) is 3. The van der Waals surface area contributed by atoms with Gasteiger partial charge in [-0.05, 0) is 59.9 Å². The molecule has 2 aromatic rings. The van der Waals surface area contributed by atoms with Gasteiger partial charge in [-0.3, -0.25) is 10.2 Å². The maximum absolute atomic E-state index is 11.9. The summed E-state index contributed by atoms with van der Waals surface area (Å²) in [5.41, 5.74) is 7.09. The smallest absolute Gasteiger partial charge is 0.283 e. The van der Waals surface area contributed by atoms with E-state index in [1.807, 2.05) is 13.0 Å². The van der Waals surface area contributed by atoms with E-state index in [4.69, 9.17) is 5.84 Å². The number of nitrogen functional groups attached to an aromatic ring is 1. The Hall–Kier alpha value is -1.94. The fourth-order valence-corrected chi connectivity index (χ4v) is 2.93. The lowest BCUT2D eigenvalue weighted by Crippen LogP contribution is -2.31. The highest BCUT2D eigenvalue weighted by molar-refractivity contribution is 5.96. The van der Waals surface area contributed by atoms with Crippen molar-refractivity contribution in [3.63, 3.8) is 0 Å². The molecule has 0 saturated heterocycles. The topological polar surface area (TPSA) is 68.0 Å². The number of carbonyl (C=O) groups is 1. The minimum absolute atomic E-state index is 0.0274.